The Bertz CT molecular complexity index is 1370. The van der Waals surface area contributed by atoms with Crippen molar-refractivity contribution in [2.45, 2.75) is 37.4 Å². The molecule has 1 heterocycles. The van der Waals surface area contributed by atoms with Gasteiger partial charge in [0.05, 0.1) is 5.69 Å². The van der Waals surface area contributed by atoms with Crippen molar-refractivity contribution >= 4 is 39.1 Å². The number of rotatable bonds is 10. The predicted molar refractivity (Wildman–Crippen MR) is 135 cm³/mol. The van der Waals surface area contributed by atoms with E-state index in [-0.39, 0.29) is 33.8 Å². The highest BCUT2D eigenvalue weighted by Crippen LogP contribution is 2.41. The van der Waals surface area contributed by atoms with Crippen LogP contribution in [0.4, 0.5) is 18.9 Å². The number of hydrogen-bond donors (Lipinski definition) is 1. The molecule has 3 rings (SSSR count). The number of carboxylic acids is 1. The number of hydrogen-bond acceptors (Lipinski definition) is 6. The summed E-state index contributed by atoms with van der Waals surface area (Å²) >= 11 is 0.931. The molecule has 2 aromatic carbocycles. The molecular weight excluding hydrogens is 529 g/mol. The van der Waals surface area contributed by atoms with Gasteiger partial charge in [0.15, 0.2) is 0 Å². The van der Waals surface area contributed by atoms with E-state index in [1.165, 1.54) is 54.6 Å². The molecule has 0 fully saturated rings. The van der Waals surface area contributed by atoms with Crippen LogP contribution in [0.15, 0.2) is 64.3 Å². The fourth-order valence-corrected chi connectivity index (χ4v) is 6.14. The van der Waals surface area contributed by atoms with Gasteiger partial charge in [-0.15, -0.1) is 11.3 Å². The predicted octanol–water partition coefficient (Wildman–Crippen LogP) is 6.08. The van der Waals surface area contributed by atoms with Crippen molar-refractivity contribution in [2.24, 2.45) is 5.92 Å². The summed E-state index contributed by atoms with van der Waals surface area (Å²) in [6.07, 6.45) is -5.12. The number of anilines is 1. The molecule has 0 bridgehead atoms. The van der Waals surface area contributed by atoms with E-state index >= 15 is 0 Å². The first kappa shape index (κ1) is 28.2. The van der Waals surface area contributed by atoms with Gasteiger partial charge in [-0.3, -0.25) is 4.31 Å². The molecule has 0 amide bonds. The van der Waals surface area contributed by atoms with E-state index in [4.69, 9.17) is 9.84 Å². The normalized spacial score (nSPS) is 13.2. The average Bonchev–Trinajstić information content (AvgIpc) is 3.27. The van der Waals surface area contributed by atoms with E-state index in [1.54, 1.807) is 26.2 Å². The number of nitrogens with zero attached hydrogens (tertiary/aromatic N) is 2. The zero-order valence-electron chi connectivity index (χ0n) is 20.1. The van der Waals surface area contributed by atoms with Crippen LogP contribution in [0.1, 0.15) is 36.8 Å². The summed E-state index contributed by atoms with van der Waals surface area (Å²) in [5, 5.41) is 10.3. The number of thiazole rings is 1. The third-order valence-corrected chi connectivity index (χ3v) is 8.10. The van der Waals surface area contributed by atoms with Gasteiger partial charge in [-0.05, 0) is 36.6 Å². The Balaban J connectivity index is 2.04. The minimum atomic E-state index is -4.83. The summed E-state index contributed by atoms with van der Waals surface area (Å²) in [6, 6.07) is 10.7. The molecule has 198 valence electrons. The first-order valence-electron chi connectivity index (χ1n) is 11.1. The quantitative estimate of drug-likeness (QED) is 0.305. The lowest BCUT2D eigenvalue weighted by atomic mass is 10.1. The topological polar surface area (TPSA) is 96.8 Å². The molecule has 0 aliphatic heterocycles. The van der Waals surface area contributed by atoms with Gasteiger partial charge in [0.25, 0.3) is 10.0 Å². The monoisotopic (exact) mass is 554 g/mol. The number of aryl methyl sites for hydroxylation is 1. The van der Waals surface area contributed by atoms with Crippen molar-refractivity contribution in [1.29, 1.82) is 0 Å². The Morgan fingerprint density at radius 3 is 2.35 bits per heavy atom. The molecule has 0 saturated carbocycles. The minimum Gasteiger partial charge on any atom is -0.478 e. The van der Waals surface area contributed by atoms with Crippen LogP contribution in [0.3, 0.4) is 0 Å². The van der Waals surface area contributed by atoms with E-state index in [1.807, 2.05) is 0 Å². The number of carboxylic acid groups (broad SMARTS) is 1. The summed E-state index contributed by atoms with van der Waals surface area (Å²) in [5.74, 6) is -1.61. The van der Waals surface area contributed by atoms with Gasteiger partial charge in [0.2, 0.25) is 10.4 Å². The first-order chi connectivity index (χ1) is 17.3. The van der Waals surface area contributed by atoms with Gasteiger partial charge in [-0.1, -0.05) is 50.2 Å². The number of sulfonamides is 1. The number of aliphatic carboxylic acids is 1. The van der Waals surface area contributed by atoms with Crippen LogP contribution in [-0.4, -0.2) is 37.2 Å². The molecule has 0 spiro atoms. The van der Waals surface area contributed by atoms with Crippen LogP contribution in [0.2, 0.25) is 0 Å². The second-order valence-electron chi connectivity index (χ2n) is 8.53. The maximum absolute atomic E-state index is 14.1. The van der Waals surface area contributed by atoms with Crippen molar-refractivity contribution in [2.75, 3.05) is 10.8 Å². The summed E-state index contributed by atoms with van der Waals surface area (Å²) in [5.41, 5.74) is 0.625. The molecule has 1 N–H and O–H groups in total. The standard InChI is InChI=1S/C25H25F3N2O5S2/c1-16(2)14-30(37(33,34)24-29-17(3)15-36-24)20-6-4-5-7-21(20)35-23(25(26,27)28)19-11-8-18(9-12-19)10-13-22(31)32/h4-13,15-16,23H,14H2,1-3H3,(H,31,32). The van der Waals surface area contributed by atoms with Gasteiger partial charge in [0.1, 0.15) is 5.75 Å². The zero-order valence-corrected chi connectivity index (χ0v) is 21.8. The molecule has 7 nitrogen and oxygen atoms in total. The third-order valence-electron chi connectivity index (χ3n) is 4.97. The van der Waals surface area contributed by atoms with Crippen LogP contribution in [0, 0.1) is 12.8 Å². The SMILES string of the molecule is Cc1csc(S(=O)(=O)N(CC(C)C)c2ccccc2OC(c2ccc(C=CC(=O)O)cc2)C(F)(F)F)n1. The smallest absolute Gasteiger partial charge is 0.429 e. The molecule has 0 aliphatic rings. The Morgan fingerprint density at radius 1 is 1.16 bits per heavy atom. The number of ether oxygens (including phenoxy) is 1. The van der Waals surface area contributed by atoms with Crippen molar-refractivity contribution in [3.8, 4) is 5.75 Å². The van der Waals surface area contributed by atoms with Crippen molar-refractivity contribution in [3.05, 3.63) is 76.8 Å². The summed E-state index contributed by atoms with van der Waals surface area (Å²) < 4.78 is 75.7. The second kappa shape index (κ2) is 11.3. The van der Waals surface area contributed by atoms with E-state index in [0.29, 0.717) is 11.3 Å². The molecule has 0 saturated heterocycles. The number of para-hydroxylation sites is 2. The molecule has 0 aliphatic carbocycles. The lowest BCUT2D eigenvalue weighted by Crippen LogP contribution is -2.35. The molecule has 1 atom stereocenters. The molecule has 3 aromatic rings. The summed E-state index contributed by atoms with van der Waals surface area (Å²) in [4.78, 5) is 14.8. The zero-order chi connectivity index (χ0) is 27.4. The maximum Gasteiger partial charge on any atom is 0.429 e. The third kappa shape index (κ3) is 7.10. The fraction of sp³-hybridized carbons (Fsp3) is 0.280. The van der Waals surface area contributed by atoms with Crippen LogP contribution < -0.4 is 9.04 Å². The van der Waals surface area contributed by atoms with Crippen molar-refractivity contribution in [1.82, 2.24) is 4.98 Å². The number of halogens is 3. The highest BCUT2D eigenvalue weighted by atomic mass is 32.2. The largest absolute Gasteiger partial charge is 0.478 e. The minimum absolute atomic E-state index is 0.0113. The number of aromatic nitrogens is 1. The Hall–Kier alpha value is -3.38. The van der Waals surface area contributed by atoms with Gasteiger partial charge in [0, 0.05) is 29.3 Å². The van der Waals surface area contributed by atoms with Crippen molar-refractivity contribution < 1.29 is 36.2 Å². The molecule has 1 aromatic heterocycles. The second-order valence-corrected chi connectivity index (χ2v) is 11.4. The molecule has 12 heteroatoms. The summed E-state index contributed by atoms with van der Waals surface area (Å²) in [7, 11) is -4.18. The Labute approximate surface area is 216 Å². The lowest BCUT2D eigenvalue weighted by Gasteiger charge is -2.29. The molecule has 1 unspecified atom stereocenters. The highest BCUT2D eigenvalue weighted by Gasteiger charge is 2.44. The van der Waals surface area contributed by atoms with Crippen LogP contribution in [0.5, 0.6) is 5.75 Å². The number of carbonyl (C=O) groups is 1. The Kier molecular flexibility index (Phi) is 8.64. The van der Waals surface area contributed by atoms with Gasteiger partial charge in [-0.25, -0.2) is 9.78 Å². The maximum atomic E-state index is 14.1. The molecule has 37 heavy (non-hydrogen) atoms. The van der Waals surface area contributed by atoms with Crippen LogP contribution in [0.25, 0.3) is 6.08 Å². The molecule has 0 radical (unpaired) electrons. The van der Waals surface area contributed by atoms with Gasteiger partial charge < -0.3 is 9.84 Å². The van der Waals surface area contributed by atoms with E-state index in [0.717, 1.165) is 21.7 Å². The van der Waals surface area contributed by atoms with Crippen LogP contribution >= 0.6 is 11.3 Å². The van der Waals surface area contributed by atoms with E-state index in [2.05, 4.69) is 4.98 Å². The van der Waals surface area contributed by atoms with Crippen LogP contribution in [-0.2, 0) is 14.8 Å². The average molecular weight is 555 g/mol. The fourth-order valence-electron chi connectivity index (χ4n) is 3.37. The van der Waals surface area contributed by atoms with E-state index in [9.17, 15) is 26.4 Å². The highest BCUT2D eigenvalue weighted by molar-refractivity contribution is 7.94. The number of alkyl halides is 3. The van der Waals surface area contributed by atoms with Gasteiger partial charge in [-0.2, -0.15) is 21.6 Å². The Morgan fingerprint density at radius 2 is 1.81 bits per heavy atom. The molecular formula is C25H25F3N2O5S2. The van der Waals surface area contributed by atoms with E-state index < -0.39 is 28.3 Å². The lowest BCUT2D eigenvalue weighted by molar-refractivity contribution is -0.197. The number of benzene rings is 2. The summed E-state index contributed by atoms with van der Waals surface area (Å²) in [6.45, 7) is 5.22. The van der Waals surface area contributed by atoms with Crippen molar-refractivity contribution in [3.63, 3.8) is 0 Å². The van der Waals surface area contributed by atoms with Gasteiger partial charge >= 0.3 is 12.1 Å². The first-order valence-corrected chi connectivity index (χ1v) is 13.4.